The summed E-state index contributed by atoms with van der Waals surface area (Å²) in [7, 11) is 0. The van der Waals surface area contributed by atoms with Crippen molar-refractivity contribution in [2.45, 2.75) is 39.7 Å². The average Bonchev–Trinajstić information content (AvgIpc) is 2.45. The third-order valence-electron chi connectivity index (χ3n) is 3.51. The first-order valence-electron chi connectivity index (χ1n) is 7.55. The summed E-state index contributed by atoms with van der Waals surface area (Å²) >= 11 is 0. The van der Waals surface area contributed by atoms with Crippen molar-refractivity contribution in [3.8, 4) is 0 Å². The summed E-state index contributed by atoms with van der Waals surface area (Å²) in [6.07, 6.45) is 2.45. The molecule has 118 valence electrons. The van der Waals surface area contributed by atoms with Gasteiger partial charge in [0.2, 0.25) is 0 Å². The zero-order chi connectivity index (χ0) is 16.3. The first-order valence-corrected chi connectivity index (χ1v) is 7.55. The van der Waals surface area contributed by atoms with Crippen molar-refractivity contribution in [1.82, 2.24) is 4.90 Å². The van der Waals surface area contributed by atoms with Crippen molar-refractivity contribution < 1.29 is 14.3 Å². The molecule has 0 radical (unpaired) electrons. The molecule has 2 rings (SSSR count). The van der Waals surface area contributed by atoms with E-state index in [0.29, 0.717) is 13.1 Å². The lowest BCUT2D eigenvalue weighted by atomic mass is 9.93. The minimum absolute atomic E-state index is 0.0612. The quantitative estimate of drug-likeness (QED) is 0.778. The van der Waals surface area contributed by atoms with Crippen LogP contribution in [-0.2, 0) is 4.74 Å². The molecule has 4 nitrogen and oxygen atoms in total. The predicted molar refractivity (Wildman–Crippen MR) is 86.8 cm³/mol. The van der Waals surface area contributed by atoms with Gasteiger partial charge in [-0.15, -0.1) is 0 Å². The molecule has 1 aromatic carbocycles. The van der Waals surface area contributed by atoms with Crippen molar-refractivity contribution in [2.24, 2.45) is 0 Å². The lowest BCUT2D eigenvalue weighted by molar-refractivity contribution is 0.0270. The molecule has 0 atom stereocenters. The molecule has 1 aromatic rings. The van der Waals surface area contributed by atoms with Crippen LogP contribution < -0.4 is 0 Å². The molecule has 1 amide bonds. The van der Waals surface area contributed by atoms with Crippen molar-refractivity contribution in [2.75, 3.05) is 13.1 Å². The van der Waals surface area contributed by atoms with Gasteiger partial charge >= 0.3 is 6.09 Å². The molecule has 0 saturated carbocycles. The maximum Gasteiger partial charge on any atom is 0.410 e. The lowest BCUT2D eigenvalue weighted by Gasteiger charge is -2.30. The van der Waals surface area contributed by atoms with Crippen LogP contribution >= 0.6 is 0 Å². The Morgan fingerprint density at radius 1 is 1.18 bits per heavy atom. The largest absolute Gasteiger partial charge is 0.444 e. The van der Waals surface area contributed by atoms with E-state index in [0.717, 1.165) is 23.1 Å². The van der Waals surface area contributed by atoms with Gasteiger partial charge in [-0.05, 0) is 45.3 Å². The standard InChI is InChI=1S/C18H23NO3/c1-13(20)15-7-5-6-8-16(15)14-9-11-19(12-10-14)17(21)22-18(2,3)4/h5-9H,10-12H2,1-4H3. The monoisotopic (exact) mass is 301 g/mol. The fourth-order valence-electron chi connectivity index (χ4n) is 2.48. The summed E-state index contributed by atoms with van der Waals surface area (Å²) in [5.41, 5.74) is 2.34. The summed E-state index contributed by atoms with van der Waals surface area (Å²) in [5, 5.41) is 0. The van der Waals surface area contributed by atoms with E-state index >= 15 is 0 Å². The van der Waals surface area contributed by atoms with Gasteiger partial charge in [0.1, 0.15) is 5.60 Å². The summed E-state index contributed by atoms with van der Waals surface area (Å²) in [6, 6.07) is 7.62. The molecule has 1 aliphatic rings. The highest BCUT2D eigenvalue weighted by molar-refractivity contribution is 5.99. The van der Waals surface area contributed by atoms with Gasteiger partial charge in [-0.3, -0.25) is 4.79 Å². The molecule has 0 bridgehead atoms. The Morgan fingerprint density at radius 3 is 2.41 bits per heavy atom. The Balaban J connectivity index is 2.12. The van der Waals surface area contributed by atoms with E-state index in [4.69, 9.17) is 4.74 Å². The zero-order valence-corrected chi connectivity index (χ0v) is 13.7. The normalized spacial score (nSPS) is 15.3. The van der Waals surface area contributed by atoms with Gasteiger partial charge in [-0.1, -0.05) is 30.3 Å². The van der Waals surface area contributed by atoms with Gasteiger partial charge in [0, 0.05) is 18.7 Å². The van der Waals surface area contributed by atoms with Crippen LogP contribution in [0.15, 0.2) is 30.3 Å². The number of carbonyl (C=O) groups is 2. The number of rotatable bonds is 2. The molecule has 1 heterocycles. The molecule has 0 unspecified atom stereocenters. The highest BCUT2D eigenvalue weighted by Gasteiger charge is 2.24. The van der Waals surface area contributed by atoms with Crippen molar-refractivity contribution in [3.63, 3.8) is 0 Å². The van der Waals surface area contributed by atoms with E-state index in [1.54, 1.807) is 11.8 Å². The third kappa shape index (κ3) is 3.97. The number of benzene rings is 1. The molecule has 0 fully saturated rings. The van der Waals surface area contributed by atoms with Gasteiger partial charge in [0.25, 0.3) is 0 Å². The summed E-state index contributed by atoms with van der Waals surface area (Å²) in [6.45, 7) is 8.27. The molecule has 1 aliphatic heterocycles. The Hall–Kier alpha value is -2.10. The molecule has 4 heteroatoms. The van der Waals surface area contributed by atoms with Crippen LogP contribution in [0.1, 0.15) is 50.0 Å². The first kappa shape index (κ1) is 16.3. The van der Waals surface area contributed by atoms with Crippen LogP contribution in [-0.4, -0.2) is 35.5 Å². The maximum absolute atomic E-state index is 12.1. The zero-order valence-electron chi connectivity index (χ0n) is 13.7. The number of amides is 1. The Kier molecular flexibility index (Phi) is 4.69. The number of nitrogens with zero attached hydrogens (tertiary/aromatic N) is 1. The molecule has 22 heavy (non-hydrogen) atoms. The fraction of sp³-hybridized carbons (Fsp3) is 0.444. The van der Waals surface area contributed by atoms with E-state index in [1.807, 2.05) is 51.1 Å². The van der Waals surface area contributed by atoms with E-state index in [2.05, 4.69) is 0 Å². The van der Waals surface area contributed by atoms with Gasteiger partial charge in [-0.2, -0.15) is 0 Å². The second kappa shape index (κ2) is 6.34. The minimum Gasteiger partial charge on any atom is -0.444 e. The minimum atomic E-state index is -0.484. The number of hydrogen-bond donors (Lipinski definition) is 0. The first-order chi connectivity index (χ1) is 10.3. The lowest BCUT2D eigenvalue weighted by Crippen LogP contribution is -2.39. The third-order valence-corrected chi connectivity index (χ3v) is 3.51. The number of Topliss-reactive ketones (excluding diaryl/α,β-unsaturated/α-hetero) is 1. The number of carbonyl (C=O) groups excluding carboxylic acids is 2. The molecule has 0 N–H and O–H groups in total. The highest BCUT2D eigenvalue weighted by atomic mass is 16.6. The SMILES string of the molecule is CC(=O)c1ccccc1C1=CCN(C(=O)OC(C)(C)C)CC1. The topological polar surface area (TPSA) is 46.6 Å². The van der Waals surface area contributed by atoms with Crippen LogP contribution in [0.2, 0.25) is 0 Å². The van der Waals surface area contributed by atoms with E-state index in [9.17, 15) is 9.59 Å². The van der Waals surface area contributed by atoms with Crippen LogP contribution in [0.4, 0.5) is 4.79 Å². The Bertz CT molecular complexity index is 611. The second-order valence-corrected chi connectivity index (χ2v) is 6.51. The maximum atomic E-state index is 12.1. The van der Waals surface area contributed by atoms with E-state index < -0.39 is 5.60 Å². The molecule has 0 saturated heterocycles. The van der Waals surface area contributed by atoms with Gasteiger partial charge in [0.05, 0.1) is 0 Å². The second-order valence-electron chi connectivity index (χ2n) is 6.51. The molecule has 0 aromatic heterocycles. The molecule has 0 aliphatic carbocycles. The molecular weight excluding hydrogens is 278 g/mol. The van der Waals surface area contributed by atoms with Crippen LogP contribution in [0, 0.1) is 0 Å². The van der Waals surface area contributed by atoms with Crippen molar-refractivity contribution in [1.29, 1.82) is 0 Å². The van der Waals surface area contributed by atoms with Crippen LogP contribution in [0.25, 0.3) is 5.57 Å². The number of ether oxygens (including phenoxy) is 1. The van der Waals surface area contributed by atoms with Crippen molar-refractivity contribution >= 4 is 17.4 Å². The Labute approximate surface area is 131 Å². The molecular formula is C18H23NO3. The number of hydrogen-bond acceptors (Lipinski definition) is 3. The van der Waals surface area contributed by atoms with Gasteiger partial charge in [0.15, 0.2) is 5.78 Å². The van der Waals surface area contributed by atoms with E-state index in [-0.39, 0.29) is 11.9 Å². The van der Waals surface area contributed by atoms with Crippen LogP contribution in [0.5, 0.6) is 0 Å². The Morgan fingerprint density at radius 2 is 1.86 bits per heavy atom. The van der Waals surface area contributed by atoms with Crippen molar-refractivity contribution in [3.05, 3.63) is 41.5 Å². The highest BCUT2D eigenvalue weighted by Crippen LogP contribution is 2.26. The number of ketones is 1. The smallest absolute Gasteiger partial charge is 0.410 e. The van der Waals surface area contributed by atoms with Crippen LogP contribution in [0.3, 0.4) is 0 Å². The summed E-state index contributed by atoms with van der Waals surface area (Å²) in [4.78, 5) is 25.5. The van der Waals surface area contributed by atoms with Gasteiger partial charge < -0.3 is 9.64 Å². The average molecular weight is 301 g/mol. The molecule has 0 spiro atoms. The summed E-state index contributed by atoms with van der Waals surface area (Å²) in [5.74, 6) is 0.0612. The van der Waals surface area contributed by atoms with Gasteiger partial charge in [-0.25, -0.2) is 4.79 Å². The summed E-state index contributed by atoms with van der Waals surface area (Å²) < 4.78 is 5.38. The predicted octanol–water partition coefficient (Wildman–Crippen LogP) is 3.91. The fourth-order valence-corrected chi connectivity index (χ4v) is 2.48. The van der Waals surface area contributed by atoms with E-state index in [1.165, 1.54) is 0 Å².